The van der Waals surface area contributed by atoms with Crippen molar-refractivity contribution >= 4 is 22.7 Å². The van der Waals surface area contributed by atoms with Gasteiger partial charge in [-0.1, -0.05) is 12.1 Å². The molecule has 1 N–H and O–H groups in total. The zero-order valence-electron chi connectivity index (χ0n) is 13.9. The molecule has 1 atom stereocenters. The van der Waals surface area contributed by atoms with Crippen LogP contribution in [-0.2, 0) is 6.54 Å². The fraction of sp³-hybridized carbons (Fsp3) is 0.368. The molecule has 1 aliphatic heterocycles. The number of thiophene rings is 2. The fourth-order valence-electron chi connectivity index (χ4n) is 3.35. The molecule has 0 aliphatic carbocycles. The van der Waals surface area contributed by atoms with E-state index in [0.29, 0.717) is 5.92 Å². The molecule has 1 aliphatic rings. The maximum atomic E-state index is 10.5. The van der Waals surface area contributed by atoms with Crippen LogP contribution in [0.5, 0.6) is 0 Å². The summed E-state index contributed by atoms with van der Waals surface area (Å²) in [6.45, 7) is 2.91. The van der Waals surface area contributed by atoms with E-state index in [2.05, 4.69) is 14.9 Å². The third kappa shape index (κ3) is 3.98. The Morgan fingerprint density at radius 1 is 1.08 bits per heavy atom. The van der Waals surface area contributed by atoms with Crippen molar-refractivity contribution in [3.63, 3.8) is 0 Å². The van der Waals surface area contributed by atoms with Crippen molar-refractivity contribution in [1.29, 1.82) is 0 Å². The Labute approximate surface area is 155 Å². The predicted octanol–water partition coefficient (Wildman–Crippen LogP) is 4.21. The third-order valence-corrected chi connectivity index (χ3v) is 6.58. The Hall–Kier alpha value is -1.60. The summed E-state index contributed by atoms with van der Waals surface area (Å²) in [5.74, 6) is 1.17. The van der Waals surface area contributed by atoms with Gasteiger partial charge in [0, 0.05) is 29.4 Å². The lowest BCUT2D eigenvalue weighted by Crippen LogP contribution is -2.35. The molecule has 3 aromatic rings. The van der Waals surface area contributed by atoms with Crippen LogP contribution in [0.4, 0.5) is 0 Å². The molecule has 0 spiro atoms. The monoisotopic (exact) mass is 371 g/mol. The van der Waals surface area contributed by atoms with Gasteiger partial charge in [-0.2, -0.15) is 0 Å². The molecule has 0 bridgehead atoms. The van der Waals surface area contributed by atoms with E-state index in [-0.39, 0.29) is 6.10 Å². The second-order valence-electron chi connectivity index (χ2n) is 6.47. The van der Waals surface area contributed by atoms with E-state index in [4.69, 9.17) is 0 Å². The Morgan fingerprint density at radius 2 is 1.80 bits per heavy atom. The minimum Gasteiger partial charge on any atom is -0.387 e. The molecular weight excluding hydrogens is 350 g/mol. The first-order valence-electron chi connectivity index (χ1n) is 8.58. The van der Waals surface area contributed by atoms with E-state index in [1.807, 2.05) is 47.4 Å². The Balaban J connectivity index is 1.31. The molecule has 1 saturated heterocycles. The van der Waals surface area contributed by atoms with Gasteiger partial charge in [0.25, 0.3) is 0 Å². The summed E-state index contributed by atoms with van der Waals surface area (Å²) in [5, 5.41) is 14.6. The molecule has 130 valence electrons. The number of rotatable bonds is 5. The molecule has 0 radical (unpaired) electrons. The Bertz CT molecular complexity index is 764. The van der Waals surface area contributed by atoms with Crippen molar-refractivity contribution in [2.24, 2.45) is 5.92 Å². The summed E-state index contributed by atoms with van der Waals surface area (Å²) in [4.78, 5) is 13.6. The van der Waals surface area contributed by atoms with Gasteiger partial charge in [0.05, 0.1) is 11.0 Å². The molecule has 0 amide bonds. The zero-order chi connectivity index (χ0) is 17.1. The predicted molar refractivity (Wildman–Crippen MR) is 103 cm³/mol. The average Bonchev–Trinajstić information content (AvgIpc) is 3.36. The number of piperidine rings is 1. The van der Waals surface area contributed by atoms with Gasteiger partial charge in [0.1, 0.15) is 0 Å². The van der Waals surface area contributed by atoms with E-state index in [1.54, 1.807) is 22.7 Å². The molecule has 1 fully saturated rings. The van der Waals surface area contributed by atoms with Crippen LogP contribution in [0.25, 0.3) is 10.7 Å². The van der Waals surface area contributed by atoms with Crippen LogP contribution in [0.1, 0.15) is 29.4 Å². The Kier molecular flexibility index (Phi) is 5.22. The van der Waals surface area contributed by atoms with E-state index in [1.165, 1.54) is 0 Å². The number of aromatic nitrogens is 2. The number of likely N-dealkylation sites (tertiary alicyclic amines) is 1. The van der Waals surface area contributed by atoms with Gasteiger partial charge in [-0.05, 0) is 54.7 Å². The lowest BCUT2D eigenvalue weighted by atomic mass is 9.90. The topological polar surface area (TPSA) is 49.2 Å². The summed E-state index contributed by atoms with van der Waals surface area (Å²) < 4.78 is 0. The van der Waals surface area contributed by atoms with Gasteiger partial charge < -0.3 is 5.11 Å². The van der Waals surface area contributed by atoms with Crippen LogP contribution in [0.2, 0.25) is 0 Å². The summed E-state index contributed by atoms with van der Waals surface area (Å²) in [6, 6.07) is 8.11. The zero-order valence-corrected chi connectivity index (χ0v) is 15.5. The summed E-state index contributed by atoms with van der Waals surface area (Å²) in [7, 11) is 0. The van der Waals surface area contributed by atoms with Crippen molar-refractivity contribution in [3.8, 4) is 10.7 Å². The molecule has 25 heavy (non-hydrogen) atoms. The van der Waals surface area contributed by atoms with E-state index in [0.717, 1.165) is 53.6 Å². The second-order valence-corrected chi connectivity index (χ2v) is 8.39. The third-order valence-electron chi connectivity index (χ3n) is 4.77. The quantitative estimate of drug-likeness (QED) is 0.730. The largest absolute Gasteiger partial charge is 0.387 e. The highest BCUT2D eigenvalue weighted by Crippen LogP contribution is 2.33. The highest BCUT2D eigenvalue weighted by Gasteiger charge is 2.26. The SMILES string of the molecule is OC(c1cccs1)C1CCN(Cc2cnc(-c3cccs3)nc2)CC1. The maximum absolute atomic E-state index is 10.5. The van der Waals surface area contributed by atoms with Crippen molar-refractivity contribution in [1.82, 2.24) is 14.9 Å². The molecule has 6 heteroatoms. The highest BCUT2D eigenvalue weighted by molar-refractivity contribution is 7.13. The molecular formula is C19H21N3OS2. The first-order valence-corrected chi connectivity index (χ1v) is 10.3. The van der Waals surface area contributed by atoms with E-state index >= 15 is 0 Å². The molecule has 3 aromatic heterocycles. The van der Waals surface area contributed by atoms with Gasteiger partial charge in [0.2, 0.25) is 0 Å². The number of hydrogen-bond donors (Lipinski definition) is 1. The molecule has 0 saturated carbocycles. The lowest BCUT2D eigenvalue weighted by molar-refractivity contribution is 0.0590. The number of aliphatic hydroxyl groups is 1. The molecule has 4 heterocycles. The van der Waals surface area contributed by atoms with Crippen LogP contribution < -0.4 is 0 Å². The normalized spacial score (nSPS) is 17.6. The Morgan fingerprint density at radius 3 is 2.44 bits per heavy atom. The minimum atomic E-state index is -0.310. The van der Waals surface area contributed by atoms with E-state index in [9.17, 15) is 5.11 Å². The lowest BCUT2D eigenvalue weighted by Gasteiger charge is -2.33. The van der Waals surface area contributed by atoms with Crippen molar-refractivity contribution in [2.75, 3.05) is 13.1 Å². The fourth-order valence-corrected chi connectivity index (χ4v) is 4.82. The number of hydrogen-bond acceptors (Lipinski definition) is 6. The van der Waals surface area contributed by atoms with Crippen LogP contribution in [0.3, 0.4) is 0 Å². The first-order chi connectivity index (χ1) is 12.3. The number of nitrogens with zero attached hydrogens (tertiary/aromatic N) is 3. The van der Waals surface area contributed by atoms with Gasteiger partial charge in [-0.25, -0.2) is 9.97 Å². The average molecular weight is 372 g/mol. The number of aliphatic hydroxyl groups excluding tert-OH is 1. The van der Waals surface area contributed by atoms with Gasteiger partial charge in [-0.3, -0.25) is 4.90 Å². The molecule has 0 aromatic carbocycles. The van der Waals surface area contributed by atoms with Crippen LogP contribution in [0.15, 0.2) is 47.4 Å². The van der Waals surface area contributed by atoms with E-state index < -0.39 is 0 Å². The summed E-state index contributed by atoms with van der Waals surface area (Å²) in [6.07, 6.45) is 5.64. The maximum Gasteiger partial charge on any atom is 0.169 e. The summed E-state index contributed by atoms with van der Waals surface area (Å²) in [5.41, 5.74) is 1.15. The van der Waals surface area contributed by atoms with Crippen molar-refractivity contribution in [3.05, 3.63) is 57.9 Å². The molecule has 4 rings (SSSR count). The molecule has 1 unspecified atom stereocenters. The smallest absolute Gasteiger partial charge is 0.169 e. The molecule has 4 nitrogen and oxygen atoms in total. The standard InChI is InChI=1S/C19H21N3OS2/c23-18(16-3-1-9-24-16)15-5-7-22(8-6-15)13-14-11-20-19(21-12-14)17-4-2-10-25-17/h1-4,9-12,15,18,23H,5-8,13H2. The van der Waals surface area contributed by atoms with Gasteiger partial charge in [-0.15, -0.1) is 22.7 Å². The van der Waals surface area contributed by atoms with Crippen molar-refractivity contribution < 1.29 is 5.11 Å². The minimum absolute atomic E-state index is 0.310. The summed E-state index contributed by atoms with van der Waals surface area (Å²) >= 11 is 3.31. The first kappa shape index (κ1) is 16.8. The highest BCUT2D eigenvalue weighted by atomic mass is 32.1. The van der Waals surface area contributed by atoms with Crippen LogP contribution >= 0.6 is 22.7 Å². The van der Waals surface area contributed by atoms with Crippen LogP contribution in [0, 0.1) is 5.92 Å². The van der Waals surface area contributed by atoms with Gasteiger partial charge >= 0.3 is 0 Å². The van der Waals surface area contributed by atoms with Crippen LogP contribution in [-0.4, -0.2) is 33.1 Å². The second kappa shape index (κ2) is 7.74. The van der Waals surface area contributed by atoms with Gasteiger partial charge in [0.15, 0.2) is 5.82 Å². The van der Waals surface area contributed by atoms with Crippen molar-refractivity contribution in [2.45, 2.75) is 25.5 Å².